The summed E-state index contributed by atoms with van der Waals surface area (Å²) < 4.78 is 5.14. The number of hydrogen-bond acceptors (Lipinski definition) is 2. The van der Waals surface area contributed by atoms with E-state index in [1.807, 2.05) is 42.5 Å². The van der Waals surface area contributed by atoms with Crippen LogP contribution in [0.2, 0.25) is 0 Å². The molecule has 1 amide bonds. The Bertz CT molecular complexity index is 754. The van der Waals surface area contributed by atoms with Crippen LogP contribution in [0.3, 0.4) is 0 Å². The van der Waals surface area contributed by atoms with Gasteiger partial charge in [0.2, 0.25) is 0 Å². The molecule has 0 aromatic heterocycles. The lowest BCUT2D eigenvalue weighted by Crippen LogP contribution is -2.22. The first kappa shape index (κ1) is 17.8. The van der Waals surface area contributed by atoms with Gasteiger partial charge in [-0.05, 0) is 74.2 Å². The molecule has 126 valence electrons. The van der Waals surface area contributed by atoms with E-state index < -0.39 is 0 Å². The molecule has 2 rings (SSSR count). The highest BCUT2D eigenvalue weighted by Crippen LogP contribution is 2.23. The number of ether oxygens (including phenoxy) is 1. The first-order valence-electron chi connectivity index (χ1n) is 8.08. The summed E-state index contributed by atoms with van der Waals surface area (Å²) >= 11 is 0. The highest BCUT2D eigenvalue weighted by molar-refractivity contribution is 5.95. The molecule has 0 saturated heterocycles. The third kappa shape index (κ3) is 4.25. The summed E-state index contributed by atoms with van der Waals surface area (Å²) in [4.78, 5) is 12.4. The summed E-state index contributed by atoms with van der Waals surface area (Å²) in [7, 11) is 1.64. The Labute approximate surface area is 144 Å². The van der Waals surface area contributed by atoms with Crippen molar-refractivity contribution in [3.05, 3.63) is 70.3 Å². The summed E-state index contributed by atoms with van der Waals surface area (Å²) in [5.41, 5.74) is 6.51. The van der Waals surface area contributed by atoms with Crippen molar-refractivity contribution in [1.82, 2.24) is 5.32 Å². The van der Waals surface area contributed by atoms with Crippen LogP contribution < -0.4 is 10.1 Å². The van der Waals surface area contributed by atoms with Crippen molar-refractivity contribution in [2.45, 2.75) is 34.2 Å². The number of carbonyl (C=O) groups is 1. The third-order valence-electron chi connectivity index (χ3n) is 4.27. The number of hydrogen-bond donors (Lipinski definition) is 1. The van der Waals surface area contributed by atoms with Crippen molar-refractivity contribution in [3.63, 3.8) is 0 Å². The van der Waals surface area contributed by atoms with Gasteiger partial charge in [0.15, 0.2) is 0 Å². The third-order valence-corrected chi connectivity index (χ3v) is 4.27. The molecule has 0 aliphatic carbocycles. The van der Waals surface area contributed by atoms with Crippen molar-refractivity contribution in [2.24, 2.45) is 0 Å². The lowest BCUT2D eigenvalue weighted by Gasteiger charge is -2.12. The highest BCUT2D eigenvalue weighted by Gasteiger charge is 2.09. The summed E-state index contributed by atoms with van der Waals surface area (Å²) in [6.45, 7) is 8.83. The van der Waals surface area contributed by atoms with E-state index in [1.54, 1.807) is 7.11 Å². The number of aryl methyl sites for hydroxylation is 1. The molecule has 24 heavy (non-hydrogen) atoms. The molecule has 3 nitrogen and oxygen atoms in total. The number of allylic oxidation sites excluding steroid dienone is 2. The van der Waals surface area contributed by atoms with Crippen LogP contribution in [0.15, 0.2) is 48.0 Å². The fraction of sp³-hybridized carbons (Fsp3) is 0.286. The molecule has 3 heteroatoms. The molecular formula is C21H25NO2. The van der Waals surface area contributed by atoms with Crippen LogP contribution in [0.1, 0.15) is 47.8 Å². The number of carbonyl (C=O) groups excluding carboxylic acids is 1. The summed E-state index contributed by atoms with van der Waals surface area (Å²) in [6, 6.07) is 13.5. The van der Waals surface area contributed by atoms with Gasteiger partial charge in [-0.3, -0.25) is 4.79 Å². The molecule has 0 spiro atoms. The highest BCUT2D eigenvalue weighted by atomic mass is 16.5. The molecule has 0 aliphatic heterocycles. The number of rotatable bonds is 5. The van der Waals surface area contributed by atoms with E-state index in [0.717, 1.165) is 16.9 Å². The largest absolute Gasteiger partial charge is 0.497 e. The lowest BCUT2D eigenvalue weighted by molar-refractivity contribution is 0.0951. The van der Waals surface area contributed by atoms with E-state index in [1.165, 1.54) is 16.7 Å². The van der Waals surface area contributed by atoms with Crippen molar-refractivity contribution < 1.29 is 9.53 Å². The topological polar surface area (TPSA) is 38.3 Å². The van der Waals surface area contributed by atoms with Gasteiger partial charge in [0.1, 0.15) is 5.75 Å². The van der Waals surface area contributed by atoms with Crippen LogP contribution in [0, 0.1) is 6.92 Å². The van der Waals surface area contributed by atoms with Gasteiger partial charge in [-0.15, -0.1) is 0 Å². The second-order valence-electron chi connectivity index (χ2n) is 6.19. The zero-order valence-corrected chi connectivity index (χ0v) is 15.1. The Morgan fingerprint density at radius 1 is 1.04 bits per heavy atom. The molecule has 0 atom stereocenters. The zero-order valence-electron chi connectivity index (χ0n) is 15.1. The second kappa shape index (κ2) is 7.82. The minimum absolute atomic E-state index is 0.0615. The summed E-state index contributed by atoms with van der Waals surface area (Å²) in [5.74, 6) is 0.749. The Morgan fingerprint density at radius 3 is 2.29 bits per heavy atom. The van der Waals surface area contributed by atoms with Crippen LogP contribution in [0.25, 0.3) is 5.57 Å². The maximum atomic E-state index is 12.4. The number of methoxy groups -OCH3 is 1. The van der Waals surface area contributed by atoms with Crippen molar-refractivity contribution in [3.8, 4) is 5.75 Å². The number of nitrogens with one attached hydrogen (secondary N) is 1. The van der Waals surface area contributed by atoms with E-state index in [-0.39, 0.29) is 5.91 Å². The van der Waals surface area contributed by atoms with Crippen molar-refractivity contribution >= 4 is 11.5 Å². The van der Waals surface area contributed by atoms with Gasteiger partial charge < -0.3 is 10.1 Å². The Morgan fingerprint density at radius 2 is 1.71 bits per heavy atom. The molecule has 0 aliphatic rings. The normalized spacial score (nSPS) is 10.2. The van der Waals surface area contributed by atoms with Crippen LogP contribution >= 0.6 is 0 Å². The Balaban J connectivity index is 2.12. The van der Waals surface area contributed by atoms with Crippen LogP contribution in [-0.2, 0) is 6.54 Å². The maximum absolute atomic E-state index is 12.4. The molecule has 0 bridgehead atoms. The average molecular weight is 323 g/mol. The van der Waals surface area contributed by atoms with Gasteiger partial charge in [0.25, 0.3) is 5.91 Å². The maximum Gasteiger partial charge on any atom is 0.251 e. The molecular weight excluding hydrogens is 298 g/mol. The number of amides is 1. The van der Waals surface area contributed by atoms with Gasteiger partial charge in [-0.1, -0.05) is 23.8 Å². The van der Waals surface area contributed by atoms with Crippen LogP contribution in [-0.4, -0.2) is 13.0 Å². The smallest absolute Gasteiger partial charge is 0.251 e. The van der Waals surface area contributed by atoms with E-state index in [9.17, 15) is 4.79 Å². The first-order valence-corrected chi connectivity index (χ1v) is 8.08. The summed E-state index contributed by atoms with van der Waals surface area (Å²) in [5, 5.41) is 2.97. The molecule has 0 radical (unpaired) electrons. The fourth-order valence-corrected chi connectivity index (χ4v) is 2.46. The quantitative estimate of drug-likeness (QED) is 0.862. The lowest BCUT2D eigenvalue weighted by atomic mass is 9.96. The number of benzene rings is 2. The molecule has 0 unspecified atom stereocenters. The van der Waals surface area contributed by atoms with Crippen LogP contribution in [0.4, 0.5) is 0 Å². The standard InChI is InChI=1S/C21H25NO2/c1-14(2)16(4)20-12-18(9-6-15(20)3)21(23)22-13-17-7-10-19(24-5)11-8-17/h6-12H,13H2,1-5H3,(H,22,23). The molecule has 0 fully saturated rings. The van der Waals surface area contributed by atoms with Crippen molar-refractivity contribution in [2.75, 3.05) is 7.11 Å². The van der Waals surface area contributed by atoms with Gasteiger partial charge in [-0.25, -0.2) is 0 Å². The van der Waals surface area contributed by atoms with E-state index in [0.29, 0.717) is 12.1 Å². The molecule has 0 saturated carbocycles. The fourth-order valence-electron chi connectivity index (χ4n) is 2.46. The first-order chi connectivity index (χ1) is 11.4. The predicted molar refractivity (Wildman–Crippen MR) is 99.3 cm³/mol. The Kier molecular flexibility index (Phi) is 5.80. The predicted octanol–water partition coefficient (Wildman–Crippen LogP) is 4.75. The van der Waals surface area contributed by atoms with E-state index >= 15 is 0 Å². The monoisotopic (exact) mass is 323 g/mol. The zero-order chi connectivity index (χ0) is 17.7. The SMILES string of the molecule is COc1ccc(CNC(=O)c2ccc(C)c(C(C)=C(C)C)c2)cc1. The second-order valence-corrected chi connectivity index (χ2v) is 6.19. The Hall–Kier alpha value is -2.55. The van der Waals surface area contributed by atoms with Gasteiger partial charge in [0.05, 0.1) is 7.11 Å². The molecule has 2 aromatic rings. The molecule has 1 N–H and O–H groups in total. The van der Waals surface area contributed by atoms with Gasteiger partial charge in [-0.2, -0.15) is 0 Å². The van der Waals surface area contributed by atoms with E-state index in [2.05, 4.69) is 33.0 Å². The summed E-state index contributed by atoms with van der Waals surface area (Å²) in [6.07, 6.45) is 0. The minimum Gasteiger partial charge on any atom is -0.497 e. The molecule has 0 heterocycles. The van der Waals surface area contributed by atoms with Gasteiger partial charge >= 0.3 is 0 Å². The van der Waals surface area contributed by atoms with E-state index in [4.69, 9.17) is 4.74 Å². The average Bonchev–Trinajstić information content (AvgIpc) is 2.59. The van der Waals surface area contributed by atoms with Crippen molar-refractivity contribution in [1.29, 1.82) is 0 Å². The minimum atomic E-state index is -0.0615. The molecule has 2 aromatic carbocycles. The van der Waals surface area contributed by atoms with Crippen LogP contribution in [0.5, 0.6) is 5.75 Å². The van der Waals surface area contributed by atoms with Gasteiger partial charge in [0, 0.05) is 12.1 Å².